The Morgan fingerprint density at radius 3 is 2.20 bits per heavy atom. The van der Waals surface area contributed by atoms with Crippen molar-refractivity contribution in [2.45, 2.75) is 6.10 Å². The highest BCUT2D eigenvalue weighted by atomic mass is 35.5. The van der Waals surface area contributed by atoms with E-state index in [1.54, 1.807) is 24.3 Å². The molecule has 0 bridgehead atoms. The molecule has 0 saturated heterocycles. The molecule has 0 unspecified atom stereocenters. The predicted molar refractivity (Wildman–Crippen MR) is 54.2 cm³/mol. The van der Waals surface area contributed by atoms with Crippen LogP contribution in [0.4, 0.5) is 4.79 Å². The number of benzene rings is 1. The molecule has 0 radical (unpaired) electrons. The van der Waals surface area contributed by atoms with Gasteiger partial charge in [0.05, 0.1) is 6.61 Å². The number of carboxylic acid groups (broad SMARTS) is 2. The van der Waals surface area contributed by atoms with Crippen LogP contribution in [-0.4, -0.2) is 33.2 Å². The highest BCUT2D eigenvalue weighted by Crippen LogP contribution is 2.21. The fourth-order valence-corrected chi connectivity index (χ4v) is 1.11. The van der Waals surface area contributed by atoms with Crippen LogP contribution in [0.25, 0.3) is 0 Å². The number of aliphatic hydroxyl groups excluding tert-OH is 2. The second-order valence-electron chi connectivity index (χ2n) is 2.50. The van der Waals surface area contributed by atoms with E-state index in [4.69, 9.17) is 31.7 Å². The number of hydrogen-bond donors (Lipinski definition) is 4. The minimum absolute atomic E-state index is 0.302. The van der Waals surface area contributed by atoms with Gasteiger partial charge in [-0.3, -0.25) is 0 Å². The summed E-state index contributed by atoms with van der Waals surface area (Å²) in [4.78, 5) is 8.56. The van der Waals surface area contributed by atoms with Crippen LogP contribution in [0.15, 0.2) is 24.3 Å². The first kappa shape index (κ1) is 13.7. The summed E-state index contributed by atoms with van der Waals surface area (Å²) < 4.78 is 0. The molecule has 0 fully saturated rings. The molecule has 0 aliphatic carbocycles. The largest absolute Gasteiger partial charge is 0.503 e. The summed E-state index contributed by atoms with van der Waals surface area (Å²) in [5.41, 5.74) is 0.566. The molecule has 1 rings (SSSR count). The number of aliphatic hydroxyl groups is 2. The van der Waals surface area contributed by atoms with Crippen molar-refractivity contribution in [3.8, 4) is 0 Å². The Bertz CT molecular complexity index is 311. The SMILES string of the molecule is O=C(O)O.OC[C@@H](O)c1ccccc1Cl. The molecule has 0 aromatic heterocycles. The number of rotatable bonds is 2. The van der Waals surface area contributed by atoms with Gasteiger partial charge in [0.1, 0.15) is 6.10 Å². The molecule has 0 heterocycles. The second kappa shape index (κ2) is 7.05. The molecule has 0 aliphatic heterocycles. The van der Waals surface area contributed by atoms with E-state index < -0.39 is 12.3 Å². The fourth-order valence-electron chi connectivity index (χ4n) is 0.844. The summed E-state index contributed by atoms with van der Waals surface area (Å²) in [5.74, 6) is 0. The molecular formula is C9H11ClO5. The van der Waals surface area contributed by atoms with E-state index in [9.17, 15) is 5.11 Å². The highest BCUT2D eigenvalue weighted by Gasteiger charge is 2.08. The van der Waals surface area contributed by atoms with E-state index in [-0.39, 0.29) is 6.61 Å². The molecule has 0 amide bonds. The van der Waals surface area contributed by atoms with Gasteiger partial charge in [0.2, 0.25) is 0 Å². The Morgan fingerprint density at radius 2 is 1.80 bits per heavy atom. The lowest BCUT2D eigenvalue weighted by atomic mass is 10.1. The molecule has 0 spiro atoms. The van der Waals surface area contributed by atoms with Crippen LogP contribution in [0.2, 0.25) is 5.02 Å². The third-order valence-corrected chi connectivity index (χ3v) is 1.78. The van der Waals surface area contributed by atoms with Crippen LogP contribution >= 0.6 is 11.6 Å². The van der Waals surface area contributed by atoms with Crippen molar-refractivity contribution in [2.24, 2.45) is 0 Å². The van der Waals surface area contributed by atoms with Crippen LogP contribution in [0.1, 0.15) is 11.7 Å². The minimum atomic E-state index is -1.83. The summed E-state index contributed by atoms with van der Waals surface area (Å²) in [6.07, 6.45) is -2.70. The van der Waals surface area contributed by atoms with Crippen molar-refractivity contribution in [3.63, 3.8) is 0 Å². The first-order valence-corrected chi connectivity index (χ1v) is 4.32. The van der Waals surface area contributed by atoms with Gasteiger partial charge in [-0.25, -0.2) is 4.79 Å². The van der Waals surface area contributed by atoms with E-state index in [1.807, 2.05) is 0 Å². The minimum Gasteiger partial charge on any atom is -0.450 e. The van der Waals surface area contributed by atoms with Gasteiger partial charge in [-0.2, -0.15) is 0 Å². The Balaban J connectivity index is 0.000000423. The van der Waals surface area contributed by atoms with Crippen LogP contribution < -0.4 is 0 Å². The summed E-state index contributed by atoms with van der Waals surface area (Å²) >= 11 is 5.73. The molecule has 15 heavy (non-hydrogen) atoms. The predicted octanol–water partition coefficient (Wildman–Crippen LogP) is 1.59. The van der Waals surface area contributed by atoms with Gasteiger partial charge < -0.3 is 20.4 Å². The highest BCUT2D eigenvalue weighted by molar-refractivity contribution is 6.31. The lowest BCUT2D eigenvalue weighted by Crippen LogP contribution is -2.02. The van der Waals surface area contributed by atoms with Gasteiger partial charge in [0, 0.05) is 10.6 Å². The zero-order valence-electron chi connectivity index (χ0n) is 7.67. The molecule has 1 atom stereocenters. The maximum atomic E-state index is 9.18. The van der Waals surface area contributed by atoms with Crippen molar-refractivity contribution >= 4 is 17.8 Å². The third-order valence-electron chi connectivity index (χ3n) is 1.44. The number of carbonyl (C=O) groups is 1. The zero-order valence-corrected chi connectivity index (χ0v) is 8.42. The second-order valence-corrected chi connectivity index (χ2v) is 2.91. The average Bonchev–Trinajstić information content (AvgIpc) is 2.16. The molecule has 6 heteroatoms. The van der Waals surface area contributed by atoms with Crippen LogP contribution in [0.5, 0.6) is 0 Å². The molecule has 0 saturated carbocycles. The van der Waals surface area contributed by atoms with E-state index in [0.717, 1.165) is 0 Å². The number of halogens is 1. The Morgan fingerprint density at radius 1 is 1.33 bits per heavy atom. The Labute approximate surface area is 91.2 Å². The number of hydrogen-bond acceptors (Lipinski definition) is 3. The van der Waals surface area contributed by atoms with Crippen molar-refractivity contribution in [3.05, 3.63) is 34.9 Å². The zero-order chi connectivity index (χ0) is 11.8. The van der Waals surface area contributed by atoms with E-state index in [1.165, 1.54) is 0 Å². The Kier molecular flexibility index (Phi) is 6.44. The van der Waals surface area contributed by atoms with Gasteiger partial charge in [-0.15, -0.1) is 0 Å². The van der Waals surface area contributed by atoms with E-state index in [0.29, 0.717) is 10.6 Å². The molecule has 4 N–H and O–H groups in total. The monoisotopic (exact) mass is 234 g/mol. The molecule has 5 nitrogen and oxygen atoms in total. The summed E-state index contributed by atoms with van der Waals surface area (Å²) in [5, 5.41) is 32.2. The van der Waals surface area contributed by atoms with Gasteiger partial charge in [0.25, 0.3) is 0 Å². The molecular weight excluding hydrogens is 224 g/mol. The van der Waals surface area contributed by atoms with Gasteiger partial charge in [-0.05, 0) is 6.07 Å². The molecule has 1 aromatic carbocycles. The van der Waals surface area contributed by atoms with Crippen molar-refractivity contribution in [1.82, 2.24) is 0 Å². The van der Waals surface area contributed by atoms with Crippen molar-refractivity contribution in [2.75, 3.05) is 6.61 Å². The van der Waals surface area contributed by atoms with Gasteiger partial charge in [0.15, 0.2) is 0 Å². The first-order chi connectivity index (χ1) is 6.99. The topological polar surface area (TPSA) is 98.0 Å². The molecule has 0 aliphatic rings. The quantitative estimate of drug-likeness (QED) is 0.623. The summed E-state index contributed by atoms with van der Waals surface area (Å²) in [7, 11) is 0. The van der Waals surface area contributed by atoms with Gasteiger partial charge in [-0.1, -0.05) is 29.8 Å². The van der Waals surface area contributed by atoms with Crippen molar-refractivity contribution < 1.29 is 25.2 Å². The maximum Gasteiger partial charge on any atom is 0.503 e. The average molecular weight is 235 g/mol. The maximum absolute atomic E-state index is 9.18. The fraction of sp³-hybridized carbons (Fsp3) is 0.222. The lowest BCUT2D eigenvalue weighted by molar-refractivity contribution is 0.0957. The van der Waals surface area contributed by atoms with Crippen molar-refractivity contribution in [1.29, 1.82) is 0 Å². The van der Waals surface area contributed by atoms with E-state index >= 15 is 0 Å². The summed E-state index contributed by atoms with van der Waals surface area (Å²) in [6, 6.07) is 6.90. The van der Waals surface area contributed by atoms with Crippen LogP contribution in [0.3, 0.4) is 0 Å². The normalized spacial score (nSPS) is 11.1. The lowest BCUT2D eigenvalue weighted by Gasteiger charge is -2.08. The third kappa shape index (κ3) is 5.90. The Hall–Kier alpha value is -1.30. The van der Waals surface area contributed by atoms with Crippen LogP contribution in [-0.2, 0) is 0 Å². The standard InChI is InChI=1S/C8H9ClO2.CH2O3/c9-7-4-2-1-3-6(7)8(11)5-10;2-1(3)4/h1-4,8,10-11H,5H2;(H2,2,3,4)/t8-;/m1./s1. The summed E-state index contributed by atoms with van der Waals surface area (Å²) in [6.45, 7) is -0.302. The van der Waals surface area contributed by atoms with Crippen LogP contribution in [0, 0.1) is 0 Å². The first-order valence-electron chi connectivity index (χ1n) is 3.94. The smallest absolute Gasteiger partial charge is 0.450 e. The molecule has 1 aromatic rings. The molecule has 84 valence electrons. The van der Waals surface area contributed by atoms with E-state index in [2.05, 4.69) is 0 Å². The van der Waals surface area contributed by atoms with Gasteiger partial charge >= 0.3 is 6.16 Å².